The summed E-state index contributed by atoms with van der Waals surface area (Å²) in [5.74, 6) is -0.0688. The van der Waals surface area contributed by atoms with Crippen molar-refractivity contribution >= 4 is 35.0 Å². The van der Waals surface area contributed by atoms with Gasteiger partial charge in [-0.2, -0.15) is 0 Å². The van der Waals surface area contributed by atoms with Crippen LogP contribution in [-0.4, -0.2) is 25.9 Å². The number of benzene rings is 1. The number of carbonyl (C=O) groups excluding carboxylic acids is 1. The van der Waals surface area contributed by atoms with Crippen molar-refractivity contribution < 1.29 is 4.79 Å². The predicted molar refractivity (Wildman–Crippen MR) is 88.4 cm³/mol. The molecule has 1 unspecified atom stereocenters. The highest BCUT2D eigenvalue weighted by molar-refractivity contribution is 8.00. The number of aromatic nitrogens is 3. The average Bonchev–Trinajstić information content (AvgIpc) is 3.23. The van der Waals surface area contributed by atoms with E-state index >= 15 is 0 Å². The molecule has 1 atom stereocenters. The molecule has 1 saturated carbocycles. The van der Waals surface area contributed by atoms with Crippen molar-refractivity contribution in [1.82, 2.24) is 14.8 Å². The number of hydrogen-bond acceptors (Lipinski definition) is 4. The zero-order chi connectivity index (χ0) is 15.7. The molecular formula is C15H17ClN4OS. The Kier molecular flexibility index (Phi) is 4.40. The first-order valence-corrected chi connectivity index (χ1v) is 8.43. The SMILES string of the molecule is Cc1ccc(Cl)cc1NC(=O)C(C)Sc1nncn1C1CC1. The molecule has 22 heavy (non-hydrogen) atoms. The standard InChI is InChI=1S/C15H17ClN4OS/c1-9-3-4-11(16)7-13(9)18-14(21)10(2)22-15-19-17-8-20(15)12-5-6-12/h3-4,7-8,10,12H,5-6H2,1-2H3,(H,18,21). The number of rotatable bonds is 5. The molecule has 0 saturated heterocycles. The van der Waals surface area contributed by atoms with Gasteiger partial charge in [0.15, 0.2) is 5.16 Å². The number of amides is 1. The first-order valence-electron chi connectivity index (χ1n) is 7.18. The van der Waals surface area contributed by atoms with Crippen LogP contribution in [0.2, 0.25) is 5.02 Å². The second kappa shape index (κ2) is 6.30. The smallest absolute Gasteiger partial charge is 0.237 e. The van der Waals surface area contributed by atoms with E-state index in [0.29, 0.717) is 11.1 Å². The van der Waals surface area contributed by atoms with Crippen LogP contribution in [0.25, 0.3) is 0 Å². The Morgan fingerprint density at radius 1 is 1.50 bits per heavy atom. The van der Waals surface area contributed by atoms with Crippen LogP contribution in [0, 0.1) is 6.92 Å². The summed E-state index contributed by atoms with van der Waals surface area (Å²) in [7, 11) is 0. The maximum atomic E-state index is 12.4. The molecule has 1 aromatic carbocycles. The minimum absolute atomic E-state index is 0.0688. The van der Waals surface area contributed by atoms with Gasteiger partial charge in [0.05, 0.1) is 5.25 Å². The van der Waals surface area contributed by atoms with E-state index in [0.717, 1.165) is 29.2 Å². The van der Waals surface area contributed by atoms with Gasteiger partial charge in [0.2, 0.25) is 5.91 Å². The highest BCUT2D eigenvalue weighted by Crippen LogP contribution is 2.38. The summed E-state index contributed by atoms with van der Waals surface area (Å²) < 4.78 is 2.05. The lowest BCUT2D eigenvalue weighted by Crippen LogP contribution is -2.23. The number of aryl methyl sites for hydroxylation is 1. The molecule has 0 bridgehead atoms. The largest absolute Gasteiger partial charge is 0.325 e. The Morgan fingerprint density at radius 3 is 3.00 bits per heavy atom. The van der Waals surface area contributed by atoms with Crippen molar-refractivity contribution in [2.24, 2.45) is 0 Å². The Labute approximate surface area is 138 Å². The molecule has 116 valence electrons. The van der Waals surface area contributed by atoms with E-state index in [4.69, 9.17) is 11.6 Å². The molecule has 2 aromatic rings. The van der Waals surface area contributed by atoms with Gasteiger partial charge in [0.1, 0.15) is 6.33 Å². The minimum atomic E-state index is -0.264. The summed E-state index contributed by atoms with van der Waals surface area (Å²) in [6, 6.07) is 5.96. The third kappa shape index (κ3) is 3.44. The van der Waals surface area contributed by atoms with Gasteiger partial charge in [-0.3, -0.25) is 4.79 Å². The zero-order valence-corrected chi connectivity index (χ0v) is 14.0. The van der Waals surface area contributed by atoms with E-state index < -0.39 is 0 Å². The van der Waals surface area contributed by atoms with Crippen molar-refractivity contribution in [2.45, 2.75) is 43.1 Å². The molecule has 0 radical (unpaired) electrons. The number of halogens is 1. The second-order valence-corrected chi connectivity index (χ2v) is 7.20. The average molecular weight is 337 g/mol. The fourth-order valence-electron chi connectivity index (χ4n) is 2.09. The van der Waals surface area contributed by atoms with Crippen LogP contribution < -0.4 is 5.32 Å². The summed E-state index contributed by atoms with van der Waals surface area (Å²) in [6.45, 7) is 3.80. The van der Waals surface area contributed by atoms with E-state index in [-0.39, 0.29) is 11.2 Å². The summed E-state index contributed by atoms with van der Waals surface area (Å²) in [6.07, 6.45) is 4.06. The Hall–Kier alpha value is -1.53. The van der Waals surface area contributed by atoms with Crippen LogP contribution in [0.3, 0.4) is 0 Å². The van der Waals surface area contributed by atoms with Gasteiger partial charge in [0, 0.05) is 16.8 Å². The Balaban J connectivity index is 1.66. The van der Waals surface area contributed by atoms with Crippen LogP contribution >= 0.6 is 23.4 Å². The molecule has 0 spiro atoms. The quantitative estimate of drug-likeness (QED) is 0.846. The molecule has 1 N–H and O–H groups in total. The van der Waals surface area contributed by atoms with E-state index in [1.807, 2.05) is 26.0 Å². The first kappa shape index (κ1) is 15.4. The van der Waals surface area contributed by atoms with Crippen LogP contribution in [0.1, 0.15) is 31.4 Å². The van der Waals surface area contributed by atoms with Gasteiger partial charge < -0.3 is 9.88 Å². The molecule has 3 rings (SSSR count). The highest BCUT2D eigenvalue weighted by Gasteiger charge is 2.28. The molecule has 0 aliphatic heterocycles. The summed E-state index contributed by atoms with van der Waals surface area (Å²) in [4.78, 5) is 12.4. The number of nitrogens with zero attached hydrogens (tertiary/aromatic N) is 3. The monoisotopic (exact) mass is 336 g/mol. The van der Waals surface area contributed by atoms with Crippen LogP contribution in [0.5, 0.6) is 0 Å². The predicted octanol–water partition coefficient (Wildman–Crippen LogP) is 3.69. The molecule has 1 amide bonds. The maximum absolute atomic E-state index is 12.4. The van der Waals surface area contributed by atoms with Gasteiger partial charge >= 0.3 is 0 Å². The minimum Gasteiger partial charge on any atom is -0.325 e. The normalized spacial score (nSPS) is 15.6. The maximum Gasteiger partial charge on any atom is 0.237 e. The fourth-order valence-corrected chi connectivity index (χ4v) is 3.16. The molecule has 1 aliphatic carbocycles. The number of hydrogen-bond donors (Lipinski definition) is 1. The molecule has 7 heteroatoms. The lowest BCUT2D eigenvalue weighted by molar-refractivity contribution is -0.115. The summed E-state index contributed by atoms with van der Waals surface area (Å²) in [5.41, 5.74) is 1.73. The highest BCUT2D eigenvalue weighted by atomic mass is 35.5. The van der Waals surface area contributed by atoms with E-state index in [1.165, 1.54) is 11.8 Å². The number of anilines is 1. The third-order valence-corrected chi connectivity index (χ3v) is 4.90. The molecule has 1 heterocycles. The van der Waals surface area contributed by atoms with Crippen molar-refractivity contribution in [2.75, 3.05) is 5.32 Å². The lowest BCUT2D eigenvalue weighted by atomic mass is 10.2. The fraction of sp³-hybridized carbons (Fsp3) is 0.400. The van der Waals surface area contributed by atoms with E-state index in [9.17, 15) is 4.79 Å². The van der Waals surface area contributed by atoms with Crippen molar-refractivity contribution in [3.8, 4) is 0 Å². The van der Waals surface area contributed by atoms with Crippen molar-refractivity contribution in [3.05, 3.63) is 35.1 Å². The van der Waals surface area contributed by atoms with Gasteiger partial charge in [-0.15, -0.1) is 10.2 Å². The number of carbonyl (C=O) groups is 1. The van der Waals surface area contributed by atoms with Gasteiger partial charge in [0.25, 0.3) is 0 Å². The topological polar surface area (TPSA) is 59.8 Å². The lowest BCUT2D eigenvalue weighted by Gasteiger charge is -2.13. The Bertz CT molecular complexity index is 699. The van der Waals surface area contributed by atoms with Crippen molar-refractivity contribution in [1.29, 1.82) is 0 Å². The van der Waals surface area contributed by atoms with E-state index in [1.54, 1.807) is 12.4 Å². The molecule has 1 aromatic heterocycles. The van der Waals surface area contributed by atoms with Crippen LogP contribution in [0.4, 0.5) is 5.69 Å². The first-order chi connectivity index (χ1) is 10.5. The third-order valence-electron chi connectivity index (χ3n) is 3.59. The number of nitrogens with one attached hydrogen (secondary N) is 1. The Morgan fingerprint density at radius 2 is 2.27 bits per heavy atom. The van der Waals surface area contributed by atoms with Crippen LogP contribution in [-0.2, 0) is 4.79 Å². The second-order valence-electron chi connectivity index (χ2n) is 5.46. The summed E-state index contributed by atoms with van der Waals surface area (Å²) in [5, 5.41) is 12.1. The van der Waals surface area contributed by atoms with Gasteiger partial charge in [-0.1, -0.05) is 29.4 Å². The number of thioether (sulfide) groups is 1. The molecular weight excluding hydrogens is 320 g/mol. The zero-order valence-electron chi connectivity index (χ0n) is 12.4. The summed E-state index contributed by atoms with van der Waals surface area (Å²) >= 11 is 7.41. The van der Waals surface area contributed by atoms with E-state index in [2.05, 4.69) is 20.1 Å². The molecule has 1 fully saturated rings. The van der Waals surface area contributed by atoms with Crippen molar-refractivity contribution in [3.63, 3.8) is 0 Å². The van der Waals surface area contributed by atoms with Crippen LogP contribution in [0.15, 0.2) is 29.7 Å². The molecule has 1 aliphatic rings. The van der Waals surface area contributed by atoms with Gasteiger partial charge in [-0.25, -0.2) is 0 Å². The molecule has 5 nitrogen and oxygen atoms in total. The van der Waals surface area contributed by atoms with Gasteiger partial charge in [-0.05, 0) is 44.4 Å².